The Bertz CT molecular complexity index is 704. The smallest absolute Gasteiger partial charge is 0.305 e. The Morgan fingerprint density at radius 2 is 1.91 bits per heavy atom. The van der Waals surface area contributed by atoms with Crippen LogP contribution in [0.3, 0.4) is 0 Å². The second-order valence-electron chi connectivity index (χ2n) is 4.58. The van der Waals surface area contributed by atoms with Gasteiger partial charge in [-0.2, -0.15) is 4.72 Å². The van der Waals surface area contributed by atoms with Crippen molar-refractivity contribution in [3.05, 3.63) is 29.8 Å². The monoisotopic (exact) mass is 338 g/mol. The lowest BCUT2D eigenvalue weighted by molar-refractivity contribution is -0.137. The van der Waals surface area contributed by atoms with Crippen LogP contribution in [-0.4, -0.2) is 49.9 Å². The molecule has 0 aromatic heterocycles. The van der Waals surface area contributed by atoms with E-state index in [9.17, 15) is 18.0 Å². The zero-order valence-corrected chi connectivity index (χ0v) is 13.5. The molecule has 0 saturated carbocycles. The first-order valence-corrected chi connectivity index (χ1v) is 8.34. The van der Waals surface area contributed by atoms with Crippen molar-refractivity contribution in [3.63, 3.8) is 0 Å². The van der Waals surface area contributed by atoms with Gasteiger partial charge in [0.25, 0.3) is 5.91 Å². The van der Waals surface area contributed by atoms with Crippen LogP contribution in [0.4, 0.5) is 0 Å². The third-order valence-electron chi connectivity index (χ3n) is 3.04. The van der Waals surface area contributed by atoms with E-state index in [1.165, 1.54) is 29.2 Å². The fraction of sp³-hybridized carbons (Fsp3) is 0.333. The summed E-state index contributed by atoms with van der Waals surface area (Å²) in [5, 5.41) is 8.68. The van der Waals surface area contributed by atoms with Crippen molar-refractivity contribution in [1.82, 2.24) is 9.62 Å². The second kappa shape index (κ2) is 8.31. The van der Waals surface area contributed by atoms with Gasteiger partial charge in [0.1, 0.15) is 0 Å². The van der Waals surface area contributed by atoms with Crippen molar-refractivity contribution in [2.24, 2.45) is 0 Å². The summed E-state index contributed by atoms with van der Waals surface area (Å²) in [4.78, 5) is 24.2. The van der Waals surface area contributed by atoms with E-state index in [2.05, 4.69) is 10.6 Å². The predicted molar refractivity (Wildman–Crippen MR) is 84.3 cm³/mol. The molecular formula is C15H18N2O5S. The molecule has 1 aromatic carbocycles. The van der Waals surface area contributed by atoms with Crippen LogP contribution in [0.1, 0.15) is 23.7 Å². The number of nitrogens with one attached hydrogen (secondary N) is 1. The number of carbonyl (C=O) groups excluding carboxylic acids is 1. The third-order valence-corrected chi connectivity index (χ3v) is 4.46. The van der Waals surface area contributed by atoms with Gasteiger partial charge in [-0.15, -0.1) is 6.42 Å². The number of carboxylic acid groups (broad SMARTS) is 1. The van der Waals surface area contributed by atoms with Gasteiger partial charge < -0.3 is 10.0 Å². The number of hydrogen-bond donors (Lipinski definition) is 2. The largest absolute Gasteiger partial charge is 0.481 e. The SMILES string of the molecule is C#CCNS(=O)(=O)c1ccc(C(=O)N(CC)CCC(=O)O)cc1. The van der Waals surface area contributed by atoms with E-state index >= 15 is 0 Å². The number of benzene rings is 1. The minimum Gasteiger partial charge on any atom is -0.481 e. The van der Waals surface area contributed by atoms with Gasteiger partial charge in [0.15, 0.2) is 0 Å². The zero-order valence-electron chi connectivity index (χ0n) is 12.7. The molecule has 0 bridgehead atoms. The Kier molecular flexibility index (Phi) is 6.75. The zero-order chi connectivity index (χ0) is 17.5. The van der Waals surface area contributed by atoms with E-state index in [0.29, 0.717) is 6.54 Å². The lowest BCUT2D eigenvalue weighted by Gasteiger charge is -2.20. The van der Waals surface area contributed by atoms with Crippen LogP contribution < -0.4 is 4.72 Å². The number of aliphatic carboxylic acids is 1. The molecular weight excluding hydrogens is 320 g/mol. The Morgan fingerprint density at radius 1 is 1.30 bits per heavy atom. The summed E-state index contributed by atoms with van der Waals surface area (Å²) in [5.41, 5.74) is 0.285. The third kappa shape index (κ3) is 5.39. The molecule has 0 fully saturated rings. The summed E-state index contributed by atoms with van der Waals surface area (Å²) in [6.45, 7) is 2.06. The molecule has 1 amide bonds. The van der Waals surface area contributed by atoms with Crippen LogP contribution in [0.25, 0.3) is 0 Å². The van der Waals surface area contributed by atoms with Gasteiger partial charge in [-0.05, 0) is 31.2 Å². The first kappa shape index (κ1) is 18.7. The van der Waals surface area contributed by atoms with Gasteiger partial charge in [0, 0.05) is 18.7 Å². The average Bonchev–Trinajstić information content (AvgIpc) is 2.53. The van der Waals surface area contributed by atoms with E-state index < -0.39 is 16.0 Å². The molecule has 7 nitrogen and oxygen atoms in total. The number of carboxylic acids is 1. The molecule has 124 valence electrons. The highest BCUT2D eigenvalue weighted by atomic mass is 32.2. The summed E-state index contributed by atoms with van der Waals surface area (Å²) < 4.78 is 26.0. The highest BCUT2D eigenvalue weighted by Crippen LogP contribution is 2.12. The summed E-state index contributed by atoms with van der Waals surface area (Å²) in [5.74, 6) is 0.829. The fourth-order valence-corrected chi connectivity index (χ4v) is 2.75. The number of terminal acetylenes is 1. The molecule has 1 aromatic rings. The summed E-state index contributed by atoms with van der Waals surface area (Å²) in [6, 6.07) is 5.38. The maximum Gasteiger partial charge on any atom is 0.305 e. The molecule has 0 aliphatic rings. The molecule has 8 heteroatoms. The minimum absolute atomic E-state index is 0.00196. The highest BCUT2D eigenvalue weighted by Gasteiger charge is 2.17. The Balaban J connectivity index is 2.88. The van der Waals surface area contributed by atoms with Gasteiger partial charge in [-0.3, -0.25) is 9.59 Å². The Hall–Kier alpha value is -2.37. The van der Waals surface area contributed by atoms with E-state index in [1.54, 1.807) is 6.92 Å². The van der Waals surface area contributed by atoms with Crippen LogP contribution in [0, 0.1) is 12.3 Å². The van der Waals surface area contributed by atoms with E-state index in [1.807, 2.05) is 0 Å². The molecule has 2 N–H and O–H groups in total. The Morgan fingerprint density at radius 3 is 2.39 bits per heavy atom. The fourth-order valence-electron chi connectivity index (χ4n) is 1.81. The molecule has 0 aliphatic heterocycles. The van der Waals surface area contributed by atoms with E-state index in [-0.39, 0.29) is 35.9 Å². The number of rotatable bonds is 8. The molecule has 0 saturated heterocycles. The van der Waals surface area contributed by atoms with Gasteiger partial charge in [-0.25, -0.2) is 8.42 Å². The highest BCUT2D eigenvalue weighted by molar-refractivity contribution is 7.89. The van der Waals surface area contributed by atoms with Gasteiger partial charge in [0.2, 0.25) is 10.0 Å². The lowest BCUT2D eigenvalue weighted by atomic mass is 10.2. The molecule has 0 radical (unpaired) electrons. The Labute approximate surface area is 135 Å². The van der Waals surface area contributed by atoms with Crippen LogP contribution in [-0.2, 0) is 14.8 Å². The first-order valence-electron chi connectivity index (χ1n) is 6.86. The van der Waals surface area contributed by atoms with E-state index in [0.717, 1.165) is 0 Å². The van der Waals surface area contributed by atoms with Crippen LogP contribution >= 0.6 is 0 Å². The van der Waals surface area contributed by atoms with Gasteiger partial charge >= 0.3 is 5.97 Å². The molecule has 0 atom stereocenters. The summed E-state index contributed by atoms with van der Waals surface area (Å²) in [7, 11) is -3.71. The van der Waals surface area contributed by atoms with Crippen molar-refractivity contribution >= 4 is 21.9 Å². The van der Waals surface area contributed by atoms with Crippen molar-refractivity contribution in [2.75, 3.05) is 19.6 Å². The number of nitrogens with zero attached hydrogens (tertiary/aromatic N) is 1. The molecule has 23 heavy (non-hydrogen) atoms. The standard InChI is InChI=1S/C15H18N2O5S/c1-3-10-16-23(21,22)13-7-5-12(6-8-13)15(20)17(4-2)11-9-14(18)19/h1,5-8,16H,4,9-11H2,2H3,(H,18,19). The molecule has 0 unspecified atom stereocenters. The maximum absolute atomic E-state index is 12.3. The number of carbonyl (C=O) groups is 2. The number of amides is 1. The van der Waals surface area contributed by atoms with Crippen LogP contribution in [0.2, 0.25) is 0 Å². The number of hydrogen-bond acceptors (Lipinski definition) is 4. The quantitative estimate of drug-likeness (QED) is 0.673. The minimum atomic E-state index is -3.71. The van der Waals surface area contributed by atoms with Crippen LogP contribution in [0.5, 0.6) is 0 Å². The predicted octanol–water partition coefficient (Wildman–Crippen LogP) is 0.535. The molecule has 0 heterocycles. The topological polar surface area (TPSA) is 104 Å². The maximum atomic E-state index is 12.3. The molecule has 0 spiro atoms. The van der Waals surface area contributed by atoms with E-state index in [4.69, 9.17) is 11.5 Å². The van der Waals surface area contributed by atoms with Gasteiger partial charge in [0.05, 0.1) is 17.9 Å². The lowest BCUT2D eigenvalue weighted by Crippen LogP contribution is -2.32. The normalized spacial score (nSPS) is 10.8. The molecule has 1 rings (SSSR count). The molecule has 0 aliphatic carbocycles. The summed E-state index contributed by atoms with van der Waals surface area (Å²) in [6.07, 6.45) is 4.86. The second-order valence-corrected chi connectivity index (χ2v) is 6.35. The summed E-state index contributed by atoms with van der Waals surface area (Å²) >= 11 is 0. The van der Waals surface area contributed by atoms with Crippen LogP contribution in [0.15, 0.2) is 29.2 Å². The van der Waals surface area contributed by atoms with Gasteiger partial charge in [-0.1, -0.05) is 5.92 Å². The number of sulfonamides is 1. The van der Waals surface area contributed by atoms with Crippen molar-refractivity contribution in [1.29, 1.82) is 0 Å². The van der Waals surface area contributed by atoms with Crippen molar-refractivity contribution in [3.8, 4) is 12.3 Å². The average molecular weight is 338 g/mol. The van der Waals surface area contributed by atoms with Crippen molar-refractivity contribution < 1.29 is 23.1 Å². The van der Waals surface area contributed by atoms with Crippen molar-refractivity contribution in [2.45, 2.75) is 18.2 Å². The first-order chi connectivity index (χ1) is 10.8.